The molecular formula is C38H72O8. The number of hydrogen-bond donors (Lipinski definition) is 0. The third kappa shape index (κ3) is 36.3. The first-order chi connectivity index (χ1) is 22.2. The van der Waals surface area contributed by atoms with Gasteiger partial charge in [-0.2, -0.15) is 0 Å². The molecule has 46 heavy (non-hydrogen) atoms. The van der Waals surface area contributed by atoms with Gasteiger partial charge in [-0.15, -0.1) is 0 Å². The van der Waals surface area contributed by atoms with Crippen molar-refractivity contribution in [2.75, 3.05) is 13.2 Å². The number of carbonyl (C=O) groups is 4. The van der Waals surface area contributed by atoms with Crippen LogP contribution in [0.5, 0.6) is 0 Å². The average molecular weight is 657 g/mol. The summed E-state index contributed by atoms with van der Waals surface area (Å²) in [5.74, 6) is -0.762. The molecule has 0 amide bonds. The van der Waals surface area contributed by atoms with Crippen molar-refractivity contribution < 1.29 is 38.1 Å². The second-order valence-corrected chi connectivity index (χ2v) is 12.6. The second-order valence-electron chi connectivity index (χ2n) is 12.6. The zero-order valence-corrected chi connectivity index (χ0v) is 30.8. The van der Waals surface area contributed by atoms with Crippen LogP contribution in [0, 0.1) is 0 Å². The summed E-state index contributed by atoms with van der Waals surface area (Å²) in [6, 6.07) is 0. The molecular weight excluding hydrogens is 584 g/mol. The SMILES string of the molecule is CCCCCCCC(=O)OCC(C)OC(=O)CCCCCCC.CCCCCCCC(=O)OCC(C)OC(=O)CCCCCCC. The monoisotopic (exact) mass is 657 g/mol. The van der Waals surface area contributed by atoms with Crippen molar-refractivity contribution in [3.05, 3.63) is 0 Å². The van der Waals surface area contributed by atoms with Crippen molar-refractivity contribution in [1.82, 2.24) is 0 Å². The topological polar surface area (TPSA) is 105 Å². The van der Waals surface area contributed by atoms with Crippen molar-refractivity contribution in [3.63, 3.8) is 0 Å². The van der Waals surface area contributed by atoms with Crippen molar-refractivity contribution in [3.8, 4) is 0 Å². The molecule has 2 unspecified atom stereocenters. The number of carbonyl (C=O) groups excluding carboxylic acids is 4. The highest BCUT2D eigenvalue weighted by Gasteiger charge is 2.13. The molecule has 0 aliphatic rings. The van der Waals surface area contributed by atoms with Gasteiger partial charge in [0, 0.05) is 25.7 Å². The predicted octanol–water partition coefficient (Wildman–Crippen LogP) is 10.4. The molecule has 0 heterocycles. The van der Waals surface area contributed by atoms with Gasteiger partial charge in [0.2, 0.25) is 0 Å². The molecule has 0 rings (SSSR count). The molecule has 8 heteroatoms. The van der Waals surface area contributed by atoms with Gasteiger partial charge < -0.3 is 18.9 Å². The minimum Gasteiger partial charge on any atom is -0.462 e. The van der Waals surface area contributed by atoms with Crippen LogP contribution >= 0.6 is 0 Å². The van der Waals surface area contributed by atoms with E-state index >= 15 is 0 Å². The van der Waals surface area contributed by atoms with Gasteiger partial charge in [-0.25, -0.2) is 0 Å². The van der Waals surface area contributed by atoms with Crippen molar-refractivity contribution in [2.24, 2.45) is 0 Å². The maximum atomic E-state index is 11.6. The minimum absolute atomic E-state index is 0.162. The van der Waals surface area contributed by atoms with Gasteiger partial charge in [0.25, 0.3) is 0 Å². The number of ether oxygens (including phenoxy) is 4. The van der Waals surface area contributed by atoms with Crippen LogP contribution in [0.1, 0.15) is 196 Å². The number of hydrogen-bond acceptors (Lipinski definition) is 8. The second kappa shape index (κ2) is 35.7. The Bertz CT molecular complexity index is 663. The number of rotatable bonds is 30. The molecule has 0 spiro atoms. The van der Waals surface area contributed by atoms with Gasteiger partial charge in [0.15, 0.2) is 0 Å². The van der Waals surface area contributed by atoms with E-state index in [9.17, 15) is 19.2 Å². The van der Waals surface area contributed by atoms with Gasteiger partial charge in [0.05, 0.1) is 0 Å². The number of unbranched alkanes of at least 4 members (excludes halogenated alkanes) is 16. The third-order valence-corrected chi connectivity index (χ3v) is 7.56. The van der Waals surface area contributed by atoms with Gasteiger partial charge in [-0.3, -0.25) is 19.2 Å². The summed E-state index contributed by atoms with van der Waals surface area (Å²) in [5.41, 5.74) is 0. The zero-order chi connectivity index (χ0) is 34.7. The maximum absolute atomic E-state index is 11.6. The summed E-state index contributed by atoms with van der Waals surface area (Å²) in [6.07, 6.45) is 23.3. The van der Waals surface area contributed by atoms with E-state index in [1.54, 1.807) is 13.8 Å². The lowest BCUT2D eigenvalue weighted by molar-refractivity contribution is -0.158. The fraction of sp³-hybridized carbons (Fsp3) is 0.895. The van der Waals surface area contributed by atoms with E-state index in [0.717, 1.165) is 51.4 Å². The Hall–Kier alpha value is -2.12. The molecule has 0 fully saturated rings. The smallest absolute Gasteiger partial charge is 0.306 e. The van der Waals surface area contributed by atoms with Crippen LogP contribution in [0.3, 0.4) is 0 Å². The van der Waals surface area contributed by atoms with Crippen molar-refractivity contribution in [2.45, 2.75) is 208 Å². The molecule has 8 nitrogen and oxygen atoms in total. The summed E-state index contributed by atoms with van der Waals surface area (Å²) in [7, 11) is 0. The van der Waals surface area contributed by atoms with E-state index in [-0.39, 0.29) is 49.3 Å². The highest BCUT2D eigenvalue weighted by Crippen LogP contribution is 2.10. The van der Waals surface area contributed by atoms with Crippen LogP contribution in [0.25, 0.3) is 0 Å². The molecule has 2 atom stereocenters. The van der Waals surface area contributed by atoms with Gasteiger partial charge in [0.1, 0.15) is 25.4 Å². The third-order valence-electron chi connectivity index (χ3n) is 7.56. The molecule has 0 N–H and O–H groups in total. The Labute approximate surface area is 282 Å². The fourth-order valence-electron chi connectivity index (χ4n) is 4.69. The van der Waals surface area contributed by atoms with E-state index < -0.39 is 0 Å². The highest BCUT2D eigenvalue weighted by molar-refractivity contribution is 5.71. The summed E-state index contributed by atoms with van der Waals surface area (Å²) in [4.78, 5) is 46.4. The van der Waals surface area contributed by atoms with Crippen LogP contribution in [0.2, 0.25) is 0 Å². The van der Waals surface area contributed by atoms with E-state index in [4.69, 9.17) is 18.9 Å². The Kier molecular flexibility index (Phi) is 35.7. The molecule has 0 bridgehead atoms. The summed E-state index contributed by atoms with van der Waals surface area (Å²) < 4.78 is 20.8. The largest absolute Gasteiger partial charge is 0.462 e. The predicted molar refractivity (Wildman–Crippen MR) is 187 cm³/mol. The average Bonchev–Trinajstić information content (AvgIpc) is 3.02. The Morgan fingerprint density at radius 1 is 0.370 bits per heavy atom. The lowest BCUT2D eigenvalue weighted by atomic mass is 10.1. The molecule has 0 aromatic rings. The van der Waals surface area contributed by atoms with E-state index in [0.29, 0.717) is 25.7 Å². The van der Waals surface area contributed by atoms with Crippen LogP contribution in [0.15, 0.2) is 0 Å². The van der Waals surface area contributed by atoms with Crippen molar-refractivity contribution >= 4 is 23.9 Å². The van der Waals surface area contributed by atoms with E-state index in [2.05, 4.69) is 27.7 Å². The first kappa shape index (κ1) is 46.0. The van der Waals surface area contributed by atoms with Crippen LogP contribution in [-0.2, 0) is 38.1 Å². The molecule has 0 aliphatic heterocycles. The Morgan fingerprint density at radius 2 is 0.609 bits per heavy atom. The lowest BCUT2D eigenvalue weighted by Crippen LogP contribution is -2.22. The van der Waals surface area contributed by atoms with Crippen LogP contribution < -0.4 is 0 Å². The molecule has 272 valence electrons. The van der Waals surface area contributed by atoms with Crippen LogP contribution in [-0.4, -0.2) is 49.3 Å². The first-order valence-electron chi connectivity index (χ1n) is 18.9. The first-order valence-corrected chi connectivity index (χ1v) is 18.9. The lowest BCUT2D eigenvalue weighted by Gasteiger charge is -2.13. The molecule has 0 aliphatic carbocycles. The van der Waals surface area contributed by atoms with E-state index in [1.807, 2.05) is 0 Å². The van der Waals surface area contributed by atoms with Gasteiger partial charge in [-0.1, -0.05) is 130 Å². The summed E-state index contributed by atoms with van der Waals surface area (Å²) in [6.45, 7) is 12.5. The normalized spacial score (nSPS) is 12.0. The number of esters is 4. The molecule has 0 aromatic heterocycles. The Morgan fingerprint density at radius 3 is 0.870 bits per heavy atom. The Balaban J connectivity index is 0. The molecule has 0 saturated carbocycles. The fourth-order valence-corrected chi connectivity index (χ4v) is 4.69. The minimum atomic E-state index is -0.359. The standard InChI is InChI=1S/2C19H36O4/c2*1-4-6-8-10-12-14-18(20)22-16-17(3)23-19(21)15-13-11-9-7-5-2/h2*17H,4-16H2,1-3H3. The van der Waals surface area contributed by atoms with Crippen molar-refractivity contribution in [1.29, 1.82) is 0 Å². The quantitative estimate of drug-likeness (QED) is 0.0427. The molecule has 0 radical (unpaired) electrons. The summed E-state index contributed by atoms with van der Waals surface area (Å²) in [5, 5.41) is 0. The maximum Gasteiger partial charge on any atom is 0.306 e. The summed E-state index contributed by atoms with van der Waals surface area (Å²) >= 11 is 0. The molecule has 0 saturated heterocycles. The van der Waals surface area contributed by atoms with Gasteiger partial charge >= 0.3 is 23.9 Å². The molecule has 0 aromatic carbocycles. The zero-order valence-electron chi connectivity index (χ0n) is 30.8. The highest BCUT2D eigenvalue weighted by atomic mass is 16.6. The van der Waals surface area contributed by atoms with Gasteiger partial charge in [-0.05, 0) is 39.5 Å². The van der Waals surface area contributed by atoms with Crippen LogP contribution in [0.4, 0.5) is 0 Å². The van der Waals surface area contributed by atoms with E-state index in [1.165, 1.54) is 77.0 Å².